The molecule has 4 heteroatoms. The molecule has 1 aromatic rings. The number of ether oxygens (including phenoxy) is 1. The smallest absolute Gasteiger partial charge is 0.250 e. The average molecular weight is 196 g/mol. The van der Waals surface area contributed by atoms with Crippen molar-refractivity contribution in [2.45, 2.75) is 18.9 Å². The zero-order valence-corrected chi connectivity index (χ0v) is 7.87. The fraction of sp³-hybridized carbons (Fsp3) is 0.500. The van der Waals surface area contributed by atoms with E-state index in [1.807, 2.05) is 0 Å². The number of nitrogens with zero attached hydrogens (tertiary/aromatic N) is 1. The minimum absolute atomic E-state index is 0.0492. The van der Waals surface area contributed by atoms with Crippen LogP contribution >= 0.6 is 0 Å². The Hall–Kier alpha value is -1.16. The maximum atomic E-state index is 13.1. The van der Waals surface area contributed by atoms with E-state index >= 15 is 0 Å². The molecule has 0 bridgehead atoms. The summed E-state index contributed by atoms with van der Waals surface area (Å²) in [7, 11) is 0. The Labute approximate surface area is 82.3 Å². The highest BCUT2D eigenvalue weighted by Crippen LogP contribution is 2.16. The maximum absolute atomic E-state index is 13.1. The number of nitrogens with one attached hydrogen (secondary N) is 1. The first kappa shape index (κ1) is 9.40. The summed E-state index contributed by atoms with van der Waals surface area (Å²) in [5.41, 5.74) is 0. The third-order valence-corrected chi connectivity index (χ3v) is 2.25. The second-order valence-electron chi connectivity index (χ2n) is 3.38. The zero-order valence-electron chi connectivity index (χ0n) is 7.87. The molecule has 1 aliphatic heterocycles. The molecule has 76 valence electrons. The molecule has 1 saturated heterocycles. The van der Waals surface area contributed by atoms with E-state index in [9.17, 15) is 4.39 Å². The van der Waals surface area contributed by atoms with Crippen LogP contribution in [0.15, 0.2) is 18.3 Å². The van der Waals surface area contributed by atoms with Crippen LogP contribution in [-0.2, 0) is 0 Å². The summed E-state index contributed by atoms with van der Waals surface area (Å²) >= 11 is 0. The van der Waals surface area contributed by atoms with E-state index in [0.29, 0.717) is 0 Å². The molecule has 0 aliphatic carbocycles. The summed E-state index contributed by atoms with van der Waals surface area (Å²) in [5.74, 6) is -0.278. The molecule has 1 N–H and O–H groups in total. The quantitative estimate of drug-likeness (QED) is 0.775. The van der Waals surface area contributed by atoms with Gasteiger partial charge in [-0.05, 0) is 31.5 Å². The lowest BCUT2D eigenvalue weighted by molar-refractivity contribution is 0.153. The lowest BCUT2D eigenvalue weighted by Gasteiger charge is -2.23. The molecule has 0 unspecified atom stereocenters. The molecule has 14 heavy (non-hydrogen) atoms. The Morgan fingerprint density at radius 3 is 3.21 bits per heavy atom. The van der Waals surface area contributed by atoms with E-state index < -0.39 is 5.82 Å². The summed E-state index contributed by atoms with van der Waals surface area (Å²) in [6.45, 7) is 1.79. The number of hydrogen-bond acceptors (Lipinski definition) is 3. The fourth-order valence-electron chi connectivity index (χ4n) is 1.54. The Morgan fingerprint density at radius 1 is 1.57 bits per heavy atom. The van der Waals surface area contributed by atoms with Crippen molar-refractivity contribution in [2.75, 3.05) is 13.1 Å². The summed E-state index contributed by atoms with van der Waals surface area (Å²) in [6, 6.07) is 2.92. The third-order valence-electron chi connectivity index (χ3n) is 2.25. The predicted molar refractivity (Wildman–Crippen MR) is 50.7 cm³/mol. The van der Waals surface area contributed by atoms with Gasteiger partial charge in [-0.25, -0.2) is 9.37 Å². The summed E-state index contributed by atoms with van der Waals surface area (Å²) in [5, 5.41) is 3.20. The lowest BCUT2D eigenvalue weighted by Crippen LogP contribution is -2.37. The van der Waals surface area contributed by atoms with Gasteiger partial charge in [0.2, 0.25) is 0 Å². The molecular weight excluding hydrogens is 183 g/mol. The van der Waals surface area contributed by atoms with Gasteiger partial charge in [0.1, 0.15) is 6.10 Å². The molecule has 3 nitrogen and oxygen atoms in total. The van der Waals surface area contributed by atoms with Crippen molar-refractivity contribution >= 4 is 0 Å². The van der Waals surface area contributed by atoms with Gasteiger partial charge in [0.25, 0.3) is 5.88 Å². The molecule has 0 radical (unpaired) electrons. The highest BCUT2D eigenvalue weighted by molar-refractivity contribution is 5.13. The van der Waals surface area contributed by atoms with E-state index in [1.54, 1.807) is 6.07 Å². The SMILES string of the molecule is Fc1cccnc1O[C@@H]1CCCNC1. The molecular formula is C10H13FN2O. The molecule has 0 aromatic carbocycles. The summed E-state index contributed by atoms with van der Waals surface area (Å²) in [6.07, 6.45) is 3.62. The van der Waals surface area contributed by atoms with Crippen LogP contribution in [0.25, 0.3) is 0 Å². The van der Waals surface area contributed by atoms with Crippen molar-refractivity contribution in [1.29, 1.82) is 0 Å². The highest BCUT2D eigenvalue weighted by atomic mass is 19.1. The second kappa shape index (κ2) is 4.37. The highest BCUT2D eigenvalue weighted by Gasteiger charge is 2.16. The Morgan fingerprint density at radius 2 is 2.50 bits per heavy atom. The topological polar surface area (TPSA) is 34.1 Å². The van der Waals surface area contributed by atoms with E-state index in [-0.39, 0.29) is 12.0 Å². The van der Waals surface area contributed by atoms with Gasteiger partial charge in [-0.15, -0.1) is 0 Å². The number of aromatic nitrogens is 1. The van der Waals surface area contributed by atoms with E-state index in [4.69, 9.17) is 4.74 Å². The Balaban J connectivity index is 1.99. The van der Waals surface area contributed by atoms with Crippen LogP contribution in [0.4, 0.5) is 4.39 Å². The zero-order chi connectivity index (χ0) is 9.80. The van der Waals surface area contributed by atoms with Gasteiger partial charge in [0, 0.05) is 12.7 Å². The molecule has 0 spiro atoms. The normalized spacial score (nSPS) is 21.9. The molecule has 1 atom stereocenters. The Kier molecular flexibility index (Phi) is 2.93. The molecule has 1 fully saturated rings. The largest absolute Gasteiger partial charge is 0.471 e. The Bertz CT molecular complexity index is 300. The number of halogens is 1. The minimum Gasteiger partial charge on any atom is -0.471 e. The maximum Gasteiger partial charge on any atom is 0.250 e. The predicted octanol–water partition coefficient (Wildman–Crippen LogP) is 1.35. The van der Waals surface area contributed by atoms with Gasteiger partial charge < -0.3 is 10.1 Å². The van der Waals surface area contributed by atoms with E-state index in [1.165, 1.54) is 12.3 Å². The van der Waals surface area contributed by atoms with Crippen LogP contribution in [-0.4, -0.2) is 24.2 Å². The van der Waals surface area contributed by atoms with Gasteiger partial charge in [0.15, 0.2) is 5.82 Å². The fourth-order valence-corrected chi connectivity index (χ4v) is 1.54. The van der Waals surface area contributed by atoms with Gasteiger partial charge in [-0.3, -0.25) is 0 Å². The number of pyridine rings is 1. The van der Waals surface area contributed by atoms with Crippen molar-refractivity contribution in [3.63, 3.8) is 0 Å². The van der Waals surface area contributed by atoms with Crippen LogP contribution in [0.2, 0.25) is 0 Å². The van der Waals surface area contributed by atoms with Crippen LogP contribution in [0.5, 0.6) is 5.88 Å². The van der Waals surface area contributed by atoms with Gasteiger partial charge in [-0.1, -0.05) is 0 Å². The van der Waals surface area contributed by atoms with Crippen molar-refractivity contribution in [1.82, 2.24) is 10.3 Å². The van der Waals surface area contributed by atoms with Crippen LogP contribution in [0, 0.1) is 5.82 Å². The van der Waals surface area contributed by atoms with Crippen LogP contribution in [0.1, 0.15) is 12.8 Å². The van der Waals surface area contributed by atoms with Crippen molar-refractivity contribution < 1.29 is 9.13 Å². The second-order valence-corrected chi connectivity index (χ2v) is 3.38. The molecule has 1 aliphatic rings. The first-order valence-electron chi connectivity index (χ1n) is 4.84. The first-order valence-corrected chi connectivity index (χ1v) is 4.84. The van der Waals surface area contributed by atoms with Crippen LogP contribution in [0.3, 0.4) is 0 Å². The van der Waals surface area contributed by atoms with E-state index in [0.717, 1.165) is 25.9 Å². The standard InChI is InChI=1S/C10H13FN2O/c11-9-4-2-6-13-10(9)14-8-3-1-5-12-7-8/h2,4,6,8,12H,1,3,5,7H2/t8-/m1/s1. The average Bonchev–Trinajstić information content (AvgIpc) is 2.23. The monoisotopic (exact) mass is 196 g/mol. The lowest BCUT2D eigenvalue weighted by atomic mass is 10.1. The third kappa shape index (κ3) is 2.20. The van der Waals surface area contributed by atoms with Crippen molar-refractivity contribution in [3.8, 4) is 5.88 Å². The number of piperidine rings is 1. The van der Waals surface area contributed by atoms with Crippen LogP contribution < -0.4 is 10.1 Å². The van der Waals surface area contributed by atoms with Gasteiger partial charge in [-0.2, -0.15) is 0 Å². The van der Waals surface area contributed by atoms with Crippen molar-refractivity contribution in [3.05, 3.63) is 24.1 Å². The molecule has 2 heterocycles. The molecule has 1 aromatic heterocycles. The molecule has 0 amide bonds. The molecule has 2 rings (SSSR count). The molecule has 0 saturated carbocycles. The van der Waals surface area contributed by atoms with Gasteiger partial charge >= 0.3 is 0 Å². The minimum atomic E-state index is -0.391. The van der Waals surface area contributed by atoms with Gasteiger partial charge in [0.05, 0.1) is 0 Å². The first-order chi connectivity index (χ1) is 6.86. The number of rotatable bonds is 2. The van der Waals surface area contributed by atoms with E-state index in [2.05, 4.69) is 10.3 Å². The number of hydrogen-bond donors (Lipinski definition) is 1. The van der Waals surface area contributed by atoms with Crippen molar-refractivity contribution in [2.24, 2.45) is 0 Å². The summed E-state index contributed by atoms with van der Waals surface area (Å²) in [4.78, 5) is 3.85. The summed E-state index contributed by atoms with van der Waals surface area (Å²) < 4.78 is 18.6.